The number of benzene rings is 2. The predicted molar refractivity (Wildman–Crippen MR) is 97.4 cm³/mol. The van der Waals surface area contributed by atoms with Gasteiger partial charge in [0, 0.05) is 6.20 Å². The summed E-state index contributed by atoms with van der Waals surface area (Å²) in [6.45, 7) is 1.91. The average Bonchev–Trinajstić information content (AvgIpc) is 2.65. The standard InChI is InChI=1S/C19H16F2N4O2/c1-11-6-7-16(27-2)15(10-11)24-19-22-9-8-14(23-19)18(26)25-17-12(20)4-3-5-13(17)21/h3-10H,1-2H3,(H,25,26)(H,22,23,24). The molecule has 3 aromatic rings. The number of nitrogens with zero attached hydrogens (tertiary/aromatic N) is 2. The average molecular weight is 370 g/mol. The first-order valence-electron chi connectivity index (χ1n) is 7.98. The van der Waals surface area contributed by atoms with Gasteiger partial charge in [0.05, 0.1) is 12.8 Å². The number of ether oxygens (including phenoxy) is 1. The first kappa shape index (κ1) is 18.2. The summed E-state index contributed by atoms with van der Waals surface area (Å²) in [5.74, 6) is -1.80. The fourth-order valence-electron chi connectivity index (χ4n) is 2.38. The van der Waals surface area contributed by atoms with E-state index in [2.05, 4.69) is 20.6 Å². The number of aryl methyl sites for hydroxylation is 1. The normalized spacial score (nSPS) is 10.4. The van der Waals surface area contributed by atoms with E-state index in [1.807, 2.05) is 19.1 Å². The smallest absolute Gasteiger partial charge is 0.274 e. The van der Waals surface area contributed by atoms with Crippen molar-refractivity contribution in [3.8, 4) is 5.75 Å². The van der Waals surface area contributed by atoms with Crippen LogP contribution >= 0.6 is 0 Å². The molecule has 0 saturated heterocycles. The predicted octanol–water partition coefficient (Wildman–Crippen LogP) is 4.07. The highest BCUT2D eigenvalue weighted by Crippen LogP contribution is 2.27. The summed E-state index contributed by atoms with van der Waals surface area (Å²) in [6.07, 6.45) is 1.37. The number of hydrogen-bond acceptors (Lipinski definition) is 5. The van der Waals surface area contributed by atoms with E-state index in [1.165, 1.54) is 25.4 Å². The molecule has 0 radical (unpaired) electrons. The molecule has 0 atom stereocenters. The van der Waals surface area contributed by atoms with Gasteiger partial charge in [-0.05, 0) is 42.8 Å². The van der Waals surface area contributed by atoms with Crippen LogP contribution in [-0.4, -0.2) is 23.0 Å². The second-order valence-electron chi connectivity index (χ2n) is 5.65. The Morgan fingerprint density at radius 3 is 2.56 bits per heavy atom. The lowest BCUT2D eigenvalue weighted by Gasteiger charge is -2.11. The second kappa shape index (κ2) is 7.77. The Hall–Kier alpha value is -3.55. The Labute approximate surface area is 154 Å². The number of nitrogens with one attached hydrogen (secondary N) is 2. The number of rotatable bonds is 5. The molecular weight excluding hydrogens is 354 g/mol. The summed E-state index contributed by atoms with van der Waals surface area (Å²) < 4.78 is 32.7. The molecule has 1 heterocycles. The first-order valence-corrected chi connectivity index (χ1v) is 7.98. The minimum Gasteiger partial charge on any atom is -0.495 e. The number of amides is 1. The molecule has 1 aromatic heterocycles. The van der Waals surface area contributed by atoms with Gasteiger partial charge >= 0.3 is 0 Å². The van der Waals surface area contributed by atoms with Gasteiger partial charge in [0.15, 0.2) is 0 Å². The van der Waals surface area contributed by atoms with Crippen molar-refractivity contribution >= 4 is 23.2 Å². The fourth-order valence-corrected chi connectivity index (χ4v) is 2.38. The lowest BCUT2D eigenvalue weighted by atomic mass is 10.2. The summed E-state index contributed by atoms with van der Waals surface area (Å²) >= 11 is 0. The number of hydrogen-bond donors (Lipinski definition) is 2. The van der Waals surface area contributed by atoms with Crippen LogP contribution < -0.4 is 15.4 Å². The lowest BCUT2D eigenvalue weighted by Crippen LogP contribution is -2.16. The Kier molecular flexibility index (Phi) is 5.25. The maximum Gasteiger partial charge on any atom is 0.274 e. The van der Waals surface area contributed by atoms with E-state index in [0.717, 1.165) is 17.7 Å². The van der Waals surface area contributed by atoms with E-state index in [9.17, 15) is 13.6 Å². The van der Waals surface area contributed by atoms with Gasteiger partial charge in [-0.3, -0.25) is 4.79 Å². The SMILES string of the molecule is COc1ccc(C)cc1Nc1nccc(C(=O)Nc2c(F)cccc2F)n1. The van der Waals surface area contributed by atoms with E-state index in [1.54, 1.807) is 6.07 Å². The molecule has 0 bridgehead atoms. The van der Waals surface area contributed by atoms with Gasteiger partial charge in [-0.2, -0.15) is 0 Å². The van der Waals surface area contributed by atoms with Gasteiger partial charge < -0.3 is 15.4 Å². The Bertz CT molecular complexity index is 975. The number of halogens is 2. The van der Waals surface area contributed by atoms with Crippen LogP contribution in [0, 0.1) is 18.6 Å². The molecule has 0 saturated carbocycles. The van der Waals surface area contributed by atoms with Gasteiger partial charge in [0.25, 0.3) is 5.91 Å². The zero-order valence-corrected chi connectivity index (χ0v) is 14.6. The monoisotopic (exact) mass is 370 g/mol. The van der Waals surface area contributed by atoms with Crippen molar-refractivity contribution in [2.75, 3.05) is 17.7 Å². The third kappa shape index (κ3) is 4.17. The van der Waals surface area contributed by atoms with Crippen molar-refractivity contribution in [1.82, 2.24) is 9.97 Å². The number of methoxy groups -OCH3 is 1. The highest BCUT2D eigenvalue weighted by Gasteiger charge is 2.15. The first-order chi connectivity index (χ1) is 13.0. The molecule has 0 aliphatic heterocycles. The highest BCUT2D eigenvalue weighted by molar-refractivity contribution is 6.03. The van der Waals surface area contributed by atoms with E-state index in [0.29, 0.717) is 11.4 Å². The minimum atomic E-state index is -0.875. The van der Waals surface area contributed by atoms with Crippen molar-refractivity contribution in [3.63, 3.8) is 0 Å². The van der Waals surface area contributed by atoms with Crippen LogP contribution in [0.2, 0.25) is 0 Å². The molecule has 0 spiro atoms. The number of carbonyl (C=O) groups excluding carboxylic acids is 1. The van der Waals surface area contributed by atoms with Crippen molar-refractivity contribution in [2.24, 2.45) is 0 Å². The Morgan fingerprint density at radius 2 is 1.85 bits per heavy atom. The van der Waals surface area contributed by atoms with Crippen molar-refractivity contribution < 1.29 is 18.3 Å². The van der Waals surface area contributed by atoms with Crippen molar-refractivity contribution in [2.45, 2.75) is 6.92 Å². The van der Waals surface area contributed by atoms with Gasteiger partial charge in [0.1, 0.15) is 28.8 Å². The maximum absolute atomic E-state index is 13.7. The maximum atomic E-state index is 13.7. The van der Waals surface area contributed by atoms with Crippen molar-refractivity contribution in [1.29, 1.82) is 0 Å². The number of aromatic nitrogens is 2. The summed E-state index contributed by atoms with van der Waals surface area (Å²) in [5.41, 5.74) is 1.02. The third-order valence-electron chi connectivity index (χ3n) is 3.69. The van der Waals surface area contributed by atoms with E-state index in [-0.39, 0.29) is 11.6 Å². The van der Waals surface area contributed by atoms with Crippen LogP contribution in [0.4, 0.5) is 26.1 Å². The summed E-state index contributed by atoms with van der Waals surface area (Å²) in [5, 5.41) is 5.16. The number of anilines is 3. The molecule has 1 amide bonds. The zero-order chi connectivity index (χ0) is 19.4. The second-order valence-corrected chi connectivity index (χ2v) is 5.65. The minimum absolute atomic E-state index is 0.0539. The van der Waals surface area contributed by atoms with Crippen molar-refractivity contribution in [3.05, 3.63) is 71.6 Å². The molecule has 0 aliphatic rings. The molecule has 6 nitrogen and oxygen atoms in total. The lowest BCUT2D eigenvalue weighted by molar-refractivity contribution is 0.102. The highest BCUT2D eigenvalue weighted by atomic mass is 19.1. The van der Waals surface area contributed by atoms with Crippen LogP contribution in [0.1, 0.15) is 16.1 Å². The molecule has 3 rings (SSSR count). The van der Waals surface area contributed by atoms with Crippen LogP contribution in [0.25, 0.3) is 0 Å². The van der Waals surface area contributed by atoms with E-state index >= 15 is 0 Å². The van der Waals surface area contributed by atoms with Crippen LogP contribution in [-0.2, 0) is 0 Å². The molecule has 0 fully saturated rings. The molecule has 0 unspecified atom stereocenters. The number of carbonyl (C=O) groups is 1. The molecule has 2 N–H and O–H groups in total. The summed E-state index contributed by atoms with van der Waals surface area (Å²) in [7, 11) is 1.53. The zero-order valence-electron chi connectivity index (χ0n) is 14.6. The van der Waals surface area contributed by atoms with E-state index in [4.69, 9.17) is 4.74 Å². The molecule has 138 valence electrons. The molecule has 27 heavy (non-hydrogen) atoms. The Balaban J connectivity index is 1.83. The number of para-hydroxylation sites is 1. The largest absolute Gasteiger partial charge is 0.495 e. The molecule has 2 aromatic carbocycles. The van der Waals surface area contributed by atoms with Gasteiger partial charge in [0.2, 0.25) is 5.95 Å². The molecular formula is C19H16F2N4O2. The van der Waals surface area contributed by atoms with Gasteiger partial charge in [-0.25, -0.2) is 18.7 Å². The fraction of sp³-hybridized carbons (Fsp3) is 0.105. The quantitative estimate of drug-likeness (QED) is 0.708. The molecule has 8 heteroatoms. The van der Waals surface area contributed by atoms with Gasteiger partial charge in [-0.15, -0.1) is 0 Å². The van der Waals surface area contributed by atoms with Crippen LogP contribution in [0.15, 0.2) is 48.7 Å². The van der Waals surface area contributed by atoms with Crippen LogP contribution in [0.3, 0.4) is 0 Å². The topological polar surface area (TPSA) is 76.1 Å². The summed E-state index contributed by atoms with van der Waals surface area (Å²) in [4.78, 5) is 20.5. The Morgan fingerprint density at radius 1 is 1.11 bits per heavy atom. The third-order valence-corrected chi connectivity index (χ3v) is 3.69. The molecule has 0 aliphatic carbocycles. The van der Waals surface area contributed by atoms with Crippen LogP contribution in [0.5, 0.6) is 5.75 Å². The summed E-state index contributed by atoms with van der Waals surface area (Å²) in [6, 6.07) is 10.2. The van der Waals surface area contributed by atoms with Gasteiger partial charge in [-0.1, -0.05) is 12.1 Å². The van der Waals surface area contributed by atoms with E-state index < -0.39 is 23.2 Å².